The van der Waals surface area contributed by atoms with E-state index >= 15 is 0 Å². The summed E-state index contributed by atoms with van der Waals surface area (Å²) in [5.41, 5.74) is 1.69. The fraction of sp³-hybridized carbons (Fsp3) is 0.263. The molecule has 2 aromatic heterocycles. The van der Waals surface area contributed by atoms with Crippen LogP contribution in [0.15, 0.2) is 56.5 Å². The average molecular weight is 371 g/mol. The lowest BCUT2D eigenvalue weighted by Crippen LogP contribution is -2.14. The van der Waals surface area contributed by atoms with Gasteiger partial charge in [0.05, 0.1) is 26.7 Å². The molecule has 0 bridgehead atoms. The van der Waals surface area contributed by atoms with Gasteiger partial charge in [0.1, 0.15) is 17.2 Å². The van der Waals surface area contributed by atoms with Gasteiger partial charge in [-0.3, -0.25) is 4.99 Å². The third-order valence-electron chi connectivity index (χ3n) is 3.58. The van der Waals surface area contributed by atoms with Crippen molar-refractivity contribution in [1.29, 1.82) is 0 Å². The molecule has 1 aromatic carbocycles. The summed E-state index contributed by atoms with van der Waals surface area (Å²) in [4.78, 5) is 5.45. The number of aromatic nitrogens is 1. The SMILES string of the molecule is COc1ccc(C=Nn2c(-c3ccco3)csc2=NC(C)C)c(OC)c1. The monoisotopic (exact) mass is 371 g/mol. The molecule has 136 valence electrons. The Morgan fingerprint density at radius 3 is 2.69 bits per heavy atom. The van der Waals surface area contributed by atoms with E-state index in [2.05, 4.69) is 10.1 Å². The van der Waals surface area contributed by atoms with Crippen molar-refractivity contribution >= 4 is 17.6 Å². The molecule has 0 N–H and O–H groups in total. The molecule has 0 radical (unpaired) electrons. The van der Waals surface area contributed by atoms with E-state index in [1.807, 2.05) is 49.6 Å². The maximum absolute atomic E-state index is 5.53. The fourth-order valence-electron chi connectivity index (χ4n) is 2.36. The lowest BCUT2D eigenvalue weighted by atomic mass is 10.2. The second kappa shape index (κ2) is 8.05. The zero-order valence-corrected chi connectivity index (χ0v) is 16.0. The van der Waals surface area contributed by atoms with Gasteiger partial charge in [-0.05, 0) is 38.1 Å². The molecule has 0 aliphatic heterocycles. The number of furan rings is 1. The van der Waals surface area contributed by atoms with E-state index in [9.17, 15) is 0 Å². The van der Waals surface area contributed by atoms with Crippen LogP contribution in [0.4, 0.5) is 0 Å². The predicted octanol–water partition coefficient (Wildman–Crippen LogP) is 4.02. The minimum atomic E-state index is 0.162. The molecule has 0 amide bonds. The first-order chi connectivity index (χ1) is 12.6. The standard InChI is InChI=1S/C19H21N3O3S/c1-13(2)21-19-22(16(12-26-19)17-6-5-9-25-17)20-11-14-7-8-15(23-3)10-18(14)24-4/h5-13H,1-4H3. The van der Waals surface area contributed by atoms with Gasteiger partial charge in [-0.15, -0.1) is 11.3 Å². The summed E-state index contributed by atoms with van der Waals surface area (Å²) in [6, 6.07) is 9.52. The smallest absolute Gasteiger partial charge is 0.206 e. The minimum Gasteiger partial charge on any atom is -0.497 e. The van der Waals surface area contributed by atoms with E-state index < -0.39 is 0 Å². The molecule has 0 fully saturated rings. The molecule has 3 rings (SSSR count). The van der Waals surface area contributed by atoms with Crippen molar-refractivity contribution in [2.75, 3.05) is 14.2 Å². The van der Waals surface area contributed by atoms with Crippen LogP contribution in [0.1, 0.15) is 19.4 Å². The van der Waals surface area contributed by atoms with Crippen molar-refractivity contribution in [3.63, 3.8) is 0 Å². The highest BCUT2D eigenvalue weighted by Crippen LogP contribution is 2.24. The molecule has 0 unspecified atom stereocenters. The fourth-order valence-corrected chi connectivity index (χ4v) is 3.31. The van der Waals surface area contributed by atoms with Crippen LogP contribution in [0, 0.1) is 0 Å². The Bertz CT molecular complexity index is 953. The van der Waals surface area contributed by atoms with Crippen molar-refractivity contribution in [3.8, 4) is 23.0 Å². The molecule has 2 heterocycles. The van der Waals surface area contributed by atoms with Gasteiger partial charge in [-0.1, -0.05) is 0 Å². The summed E-state index contributed by atoms with van der Waals surface area (Å²) >= 11 is 1.53. The highest BCUT2D eigenvalue weighted by atomic mass is 32.1. The second-order valence-corrected chi connectivity index (χ2v) is 6.60. The molecule has 0 saturated carbocycles. The molecule has 7 heteroatoms. The van der Waals surface area contributed by atoms with Crippen molar-refractivity contribution in [3.05, 3.63) is 52.3 Å². The van der Waals surface area contributed by atoms with Gasteiger partial charge >= 0.3 is 0 Å². The maximum Gasteiger partial charge on any atom is 0.206 e. The first kappa shape index (κ1) is 18.0. The highest BCUT2D eigenvalue weighted by molar-refractivity contribution is 7.07. The summed E-state index contributed by atoms with van der Waals surface area (Å²) < 4.78 is 18.0. The van der Waals surface area contributed by atoms with Crippen molar-refractivity contribution < 1.29 is 13.9 Å². The zero-order chi connectivity index (χ0) is 18.5. The van der Waals surface area contributed by atoms with Crippen molar-refractivity contribution in [2.45, 2.75) is 19.9 Å². The number of methoxy groups -OCH3 is 2. The summed E-state index contributed by atoms with van der Waals surface area (Å²) in [6.45, 7) is 4.07. The van der Waals surface area contributed by atoms with Crippen LogP contribution >= 0.6 is 11.3 Å². The molecule has 0 spiro atoms. The van der Waals surface area contributed by atoms with Crippen LogP contribution in [0.5, 0.6) is 11.5 Å². The molecule has 0 aliphatic rings. The van der Waals surface area contributed by atoms with Crippen LogP contribution in [-0.4, -0.2) is 31.2 Å². The molecular weight excluding hydrogens is 350 g/mol. The number of hydrogen-bond donors (Lipinski definition) is 0. The summed E-state index contributed by atoms with van der Waals surface area (Å²) in [6.07, 6.45) is 3.39. The lowest BCUT2D eigenvalue weighted by molar-refractivity contribution is 0.394. The van der Waals surface area contributed by atoms with Crippen LogP contribution in [-0.2, 0) is 0 Å². The van der Waals surface area contributed by atoms with Crippen molar-refractivity contribution in [1.82, 2.24) is 4.68 Å². The molecule has 0 saturated heterocycles. The minimum absolute atomic E-state index is 0.162. The Hall–Kier alpha value is -2.80. The Morgan fingerprint density at radius 2 is 2.04 bits per heavy atom. The lowest BCUT2D eigenvalue weighted by Gasteiger charge is -2.07. The Balaban J connectivity index is 2.06. The molecule has 3 aromatic rings. The van der Waals surface area contributed by atoms with Gasteiger partial charge in [0.25, 0.3) is 0 Å². The molecule has 6 nitrogen and oxygen atoms in total. The summed E-state index contributed by atoms with van der Waals surface area (Å²) in [5, 5.41) is 6.63. The van der Waals surface area contributed by atoms with Gasteiger partial charge in [0, 0.05) is 23.1 Å². The van der Waals surface area contributed by atoms with E-state index in [0.717, 1.165) is 27.6 Å². The molecule has 0 aliphatic carbocycles. The van der Waals surface area contributed by atoms with Gasteiger partial charge in [0.15, 0.2) is 5.76 Å². The normalized spacial score (nSPS) is 12.3. The number of thiazole rings is 1. The van der Waals surface area contributed by atoms with Gasteiger partial charge in [-0.25, -0.2) is 4.68 Å². The van der Waals surface area contributed by atoms with E-state index in [4.69, 9.17) is 13.9 Å². The quantitative estimate of drug-likeness (QED) is 0.615. The van der Waals surface area contributed by atoms with E-state index in [1.165, 1.54) is 11.3 Å². The zero-order valence-electron chi connectivity index (χ0n) is 15.2. The number of nitrogens with zero attached hydrogens (tertiary/aromatic N) is 3. The summed E-state index contributed by atoms with van der Waals surface area (Å²) in [7, 11) is 3.25. The first-order valence-electron chi connectivity index (χ1n) is 8.17. The van der Waals surface area contributed by atoms with Gasteiger partial charge < -0.3 is 13.9 Å². The van der Waals surface area contributed by atoms with Gasteiger partial charge in [0.2, 0.25) is 4.80 Å². The number of ether oxygens (including phenoxy) is 2. The molecular formula is C19H21N3O3S. The first-order valence-corrected chi connectivity index (χ1v) is 9.05. The van der Waals surface area contributed by atoms with E-state index in [-0.39, 0.29) is 6.04 Å². The van der Waals surface area contributed by atoms with Gasteiger partial charge in [-0.2, -0.15) is 5.10 Å². The largest absolute Gasteiger partial charge is 0.497 e. The third kappa shape index (κ3) is 3.88. The van der Waals surface area contributed by atoms with Crippen LogP contribution in [0.3, 0.4) is 0 Å². The summed E-state index contributed by atoms with van der Waals surface area (Å²) in [5.74, 6) is 2.16. The van der Waals surface area contributed by atoms with E-state index in [1.54, 1.807) is 31.4 Å². The molecule has 26 heavy (non-hydrogen) atoms. The topological polar surface area (TPSA) is 61.2 Å². The van der Waals surface area contributed by atoms with Crippen LogP contribution < -0.4 is 14.3 Å². The highest BCUT2D eigenvalue weighted by Gasteiger charge is 2.10. The number of hydrogen-bond acceptors (Lipinski definition) is 6. The van der Waals surface area contributed by atoms with Crippen LogP contribution in [0.25, 0.3) is 11.5 Å². The Kier molecular flexibility index (Phi) is 5.58. The van der Waals surface area contributed by atoms with E-state index in [0.29, 0.717) is 5.75 Å². The number of rotatable bonds is 6. The predicted molar refractivity (Wildman–Crippen MR) is 103 cm³/mol. The number of benzene rings is 1. The van der Waals surface area contributed by atoms with Crippen molar-refractivity contribution in [2.24, 2.45) is 10.1 Å². The Labute approximate surface area is 156 Å². The third-order valence-corrected chi connectivity index (χ3v) is 4.41. The van der Waals surface area contributed by atoms with Crippen LogP contribution in [0.2, 0.25) is 0 Å². The molecule has 0 atom stereocenters. The maximum atomic E-state index is 5.53. The second-order valence-electron chi connectivity index (χ2n) is 5.77. The average Bonchev–Trinajstić information content (AvgIpc) is 3.29. The Morgan fingerprint density at radius 1 is 1.19 bits per heavy atom.